The zero-order chi connectivity index (χ0) is 25.1. The number of hydrogen-bond acceptors (Lipinski definition) is 11. The number of hydrogen-bond donors (Lipinski definition) is 3. The molecule has 0 aliphatic carbocycles. The second-order valence-electron chi connectivity index (χ2n) is 8.33. The van der Waals surface area contributed by atoms with E-state index in [9.17, 15) is 5.11 Å². The van der Waals surface area contributed by atoms with Crippen molar-refractivity contribution in [1.82, 2.24) is 30.0 Å². The number of rotatable bonds is 9. The largest absolute Gasteiger partial charge is 0.485 e. The summed E-state index contributed by atoms with van der Waals surface area (Å²) < 4.78 is 5.80. The molecular formula is C24H25ClN8O2S. The Morgan fingerprint density at radius 3 is 2.97 bits per heavy atom. The van der Waals surface area contributed by atoms with Crippen molar-refractivity contribution in [3.05, 3.63) is 64.4 Å². The summed E-state index contributed by atoms with van der Waals surface area (Å²) in [6.45, 7) is 7.36. The number of aliphatic hydroxyl groups is 1. The predicted molar refractivity (Wildman–Crippen MR) is 141 cm³/mol. The molecule has 1 aromatic carbocycles. The number of fused-ring (bicyclic) bond motifs is 1. The lowest BCUT2D eigenvalue weighted by atomic mass is 10.2. The van der Waals surface area contributed by atoms with Gasteiger partial charge in [-0.15, -0.1) is 10.2 Å². The zero-order valence-corrected chi connectivity index (χ0v) is 21.1. The Labute approximate surface area is 217 Å². The van der Waals surface area contributed by atoms with Crippen molar-refractivity contribution in [1.29, 1.82) is 0 Å². The van der Waals surface area contributed by atoms with Crippen molar-refractivity contribution in [2.24, 2.45) is 0 Å². The van der Waals surface area contributed by atoms with E-state index in [-0.39, 0.29) is 6.04 Å². The Hall–Kier alpha value is -3.38. The summed E-state index contributed by atoms with van der Waals surface area (Å²) in [5, 5.41) is 26.9. The summed E-state index contributed by atoms with van der Waals surface area (Å²) in [5.41, 5.74) is 2.09. The third kappa shape index (κ3) is 5.54. The molecule has 0 radical (unpaired) electrons. The average molecular weight is 525 g/mol. The first kappa shape index (κ1) is 24.3. The van der Waals surface area contributed by atoms with Gasteiger partial charge in [0.15, 0.2) is 10.8 Å². The molecule has 10 nitrogen and oxygen atoms in total. The number of nitrogens with zero attached hydrogens (tertiary/aromatic N) is 6. The Morgan fingerprint density at radius 1 is 1.31 bits per heavy atom. The van der Waals surface area contributed by atoms with Gasteiger partial charge in [-0.2, -0.15) is 0 Å². The number of nitrogens with one attached hydrogen (secondary N) is 2. The summed E-state index contributed by atoms with van der Waals surface area (Å²) in [7, 11) is 0. The molecule has 1 aliphatic heterocycles. The first-order valence-corrected chi connectivity index (χ1v) is 12.6. The number of benzene rings is 1. The van der Waals surface area contributed by atoms with Crippen LogP contribution in [0.3, 0.4) is 0 Å². The predicted octanol–water partition coefficient (Wildman–Crippen LogP) is 4.15. The van der Waals surface area contributed by atoms with Crippen molar-refractivity contribution in [2.45, 2.75) is 32.2 Å². The first-order chi connectivity index (χ1) is 17.5. The molecule has 12 heteroatoms. The number of anilines is 3. The van der Waals surface area contributed by atoms with Gasteiger partial charge in [-0.1, -0.05) is 29.5 Å². The summed E-state index contributed by atoms with van der Waals surface area (Å²) in [4.78, 5) is 15.5. The van der Waals surface area contributed by atoms with Gasteiger partial charge in [-0.3, -0.25) is 4.90 Å². The summed E-state index contributed by atoms with van der Waals surface area (Å²) in [6, 6.07) is 9.40. The fraction of sp³-hybridized carbons (Fsp3) is 0.292. The van der Waals surface area contributed by atoms with Crippen LogP contribution in [0.4, 0.5) is 17.3 Å². The SMILES string of the molecule is C=CC(O)N1CC[C@H](Nc2ccc3ncnc(Nc4ccc(OCc5nnc(C)s5)c(Cl)c4)c3n2)C1. The fourth-order valence-corrected chi connectivity index (χ4v) is 4.84. The molecule has 1 saturated heterocycles. The number of likely N-dealkylation sites (tertiary alicyclic amines) is 1. The van der Waals surface area contributed by atoms with Crippen LogP contribution < -0.4 is 15.4 Å². The molecule has 186 valence electrons. The van der Waals surface area contributed by atoms with Crippen LogP contribution in [-0.2, 0) is 6.61 Å². The van der Waals surface area contributed by atoms with Crippen LogP contribution in [0.2, 0.25) is 5.02 Å². The van der Waals surface area contributed by atoms with Crippen LogP contribution in [0.15, 0.2) is 49.3 Å². The second-order valence-corrected chi connectivity index (χ2v) is 10.0. The first-order valence-electron chi connectivity index (χ1n) is 11.4. The van der Waals surface area contributed by atoms with Crippen molar-refractivity contribution >= 4 is 51.3 Å². The molecule has 0 bridgehead atoms. The van der Waals surface area contributed by atoms with Gasteiger partial charge in [0.2, 0.25) is 0 Å². The molecule has 0 saturated carbocycles. The molecule has 3 aromatic heterocycles. The quantitative estimate of drug-likeness (QED) is 0.275. The zero-order valence-electron chi connectivity index (χ0n) is 19.6. The van der Waals surface area contributed by atoms with Gasteiger partial charge < -0.3 is 20.5 Å². The van der Waals surface area contributed by atoms with Crippen molar-refractivity contribution in [2.75, 3.05) is 23.7 Å². The third-order valence-electron chi connectivity index (χ3n) is 5.75. The highest BCUT2D eigenvalue weighted by atomic mass is 35.5. The van der Waals surface area contributed by atoms with Crippen LogP contribution in [-0.4, -0.2) is 60.5 Å². The van der Waals surface area contributed by atoms with E-state index in [1.54, 1.807) is 12.1 Å². The van der Waals surface area contributed by atoms with Crippen LogP contribution in [0.1, 0.15) is 16.4 Å². The fourth-order valence-electron chi connectivity index (χ4n) is 3.98. The maximum Gasteiger partial charge on any atom is 0.160 e. The van der Waals surface area contributed by atoms with E-state index < -0.39 is 6.23 Å². The maximum atomic E-state index is 10.00. The van der Waals surface area contributed by atoms with Gasteiger partial charge in [0.25, 0.3) is 0 Å². The van der Waals surface area contributed by atoms with Crippen LogP contribution in [0, 0.1) is 6.92 Å². The summed E-state index contributed by atoms with van der Waals surface area (Å²) >= 11 is 7.95. The topological polar surface area (TPSA) is 121 Å². The Balaban J connectivity index is 1.29. The normalized spacial score (nSPS) is 16.7. The minimum atomic E-state index is -0.636. The van der Waals surface area contributed by atoms with E-state index in [0.29, 0.717) is 46.6 Å². The van der Waals surface area contributed by atoms with Crippen molar-refractivity contribution in [3.8, 4) is 5.75 Å². The van der Waals surface area contributed by atoms with E-state index in [0.717, 1.165) is 28.7 Å². The van der Waals surface area contributed by atoms with E-state index in [2.05, 4.69) is 37.4 Å². The van der Waals surface area contributed by atoms with E-state index in [1.807, 2.05) is 30.0 Å². The number of ether oxygens (including phenoxy) is 1. The molecule has 3 N–H and O–H groups in total. The van der Waals surface area contributed by atoms with Gasteiger partial charge in [0.1, 0.15) is 41.3 Å². The van der Waals surface area contributed by atoms with Crippen molar-refractivity contribution in [3.63, 3.8) is 0 Å². The molecule has 2 atom stereocenters. The second kappa shape index (κ2) is 10.7. The molecule has 5 rings (SSSR count). The molecule has 0 amide bonds. The minimum Gasteiger partial charge on any atom is -0.485 e. The number of pyridine rings is 1. The smallest absolute Gasteiger partial charge is 0.160 e. The Morgan fingerprint density at radius 2 is 2.19 bits per heavy atom. The van der Waals surface area contributed by atoms with Gasteiger partial charge in [-0.05, 0) is 49.8 Å². The molecule has 4 heterocycles. The molecule has 1 aliphatic rings. The van der Waals surface area contributed by atoms with Gasteiger partial charge in [0.05, 0.1) is 10.5 Å². The number of aryl methyl sites for hydroxylation is 1. The standard InChI is InChI=1S/C24H25ClN8O2S/c1-3-22(34)33-9-8-16(11-33)28-20-7-5-18-23(30-20)24(27-13-26-18)29-15-4-6-19(17(25)10-15)35-12-21-32-31-14(2)36-21/h3-7,10,13,16,22,34H,1,8-9,11-12H2,2H3,(H,28,30)(H,26,27,29)/t16-,22?/m0/s1. The number of aromatic nitrogens is 5. The summed E-state index contributed by atoms with van der Waals surface area (Å²) in [6.07, 6.45) is 3.29. The minimum absolute atomic E-state index is 0.168. The van der Waals surface area contributed by atoms with Crippen molar-refractivity contribution < 1.29 is 9.84 Å². The maximum absolute atomic E-state index is 10.00. The lowest BCUT2D eigenvalue weighted by molar-refractivity contribution is 0.0610. The lowest BCUT2D eigenvalue weighted by Gasteiger charge is -2.20. The van der Waals surface area contributed by atoms with Gasteiger partial charge >= 0.3 is 0 Å². The molecule has 0 spiro atoms. The van der Waals surface area contributed by atoms with Gasteiger partial charge in [0, 0.05) is 24.8 Å². The Kier molecular flexibility index (Phi) is 7.23. The highest BCUT2D eigenvalue weighted by Gasteiger charge is 2.26. The van der Waals surface area contributed by atoms with E-state index >= 15 is 0 Å². The highest BCUT2D eigenvalue weighted by molar-refractivity contribution is 7.11. The van der Waals surface area contributed by atoms with Crippen LogP contribution >= 0.6 is 22.9 Å². The Bertz CT molecular complexity index is 1380. The molecular weight excluding hydrogens is 500 g/mol. The molecule has 1 fully saturated rings. The third-order valence-corrected chi connectivity index (χ3v) is 6.86. The molecule has 36 heavy (non-hydrogen) atoms. The van der Waals surface area contributed by atoms with Gasteiger partial charge in [-0.25, -0.2) is 15.0 Å². The van der Waals surface area contributed by atoms with E-state index in [1.165, 1.54) is 23.7 Å². The average Bonchev–Trinajstić information content (AvgIpc) is 3.52. The highest BCUT2D eigenvalue weighted by Crippen LogP contribution is 2.31. The van der Waals surface area contributed by atoms with Crippen LogP contribution in [0.5, 0.6) is 5.75 Å². The molecule has 1 unspecified atom stereocenters. The van der Waals surface area contributed by atoms with E-state index in [4.69, 9.17) is 21.3 Å². The van der Waals surface area contributed by atoms with Crippen LogP contribution in [0.25, 0.3) is 11.0 Å². The summed E-state index contributed by atoms with van der Waals surface area (Å²) in [5.74, 6) is 1.83. The number of halogens is 1. The number of aliphatic hydroxyl groups excluding tert-OH is 1. The lowest BCUT2D eigenvalue weighted by Crippen LogP contribution is -2.33. The monoisotopic (exact) mass is 524 g/mol. The molecule has 4 aromatic rings.